The molecule has 0 spiro atoms. The van der Waals surface area contributed by atoms with Crippen LogP contribution in [0.5, 0.6) is 0 Å². The molecule has 1 fully saturated rings. The van der Waals surface area contributed by atoms with Gasteiger partial charge in [0.15, 0.2) is 0 Å². The standard InChI is InChI=1S/C16H26N4O/c1-4-8-20(9-5-2)16(21)14-12-15(18-13(3)17-14)19-10-6-7-11-19/h12H,4-11H2,1-3H3. The maximum atomic E-state index is 12.7. The lowest BCUT2D eigenvalue weighted by atomic mass is 10.2. The van der Waals surface area contributed by atoms with Gasteiger partial charge in [-0.3, -0.25) is 4.79 Å². The van der Waals surface area contributed by atoms with Gasteiger partial charge in [-0.25, -0.2) is 9.97 Å². The zero-order valence-corrected chi connectivity index (χ0v) is 13.4. The van der Waals surface area contributed by atoms with E-state index in [9.17, 15) is 4.79 Å². The minimum absolute atomic E-state index is 0.0321. The average molecular weight is 290 g/mol. The molecule has 5 nitrogen and oxygen atoms in total. The molecule has 1 aliphatic heterocycles. The van der Waals surface area contributed by atoms with E-state index in [1.165, 1.54) is 12.8 Å². The lowest BCUT2D eigenvalue weighted by Gasteiger charge is -2.22. The van der Waals surface area contributed by atoms with Crippen LogP contribution in [0, 0.1) is 6.92 Å². The smallest absolute Gasteiger partial charge is 0.272 e. The quantitative estimate of drug-likeness (QED) is 0.808. The minimum Gasteiger partial charge on any atom is -0.356 e. The van der Waals surface area contributed by atoms with Crippen molar-refractivity contribution in [3.8, 4) is 0 Å². The van der Waals surface area contributed by atoms with Crippen LogP contribution in [0.25, 0.3) is 0 Å². The average Bonchev–Trinajstić information content (AvgIpc) is 3.00. The molecule has 0 aromatic carbocycles. The van der Waals surface area contributed by atoms with Gasteiger partial charge in [-0.2, -0.15) is 0 Å². The van der Waals surface area contributed by atoms with Gasteiger partial charge in [-0.15, -0.1) is 0 Å². The van der Waals surface area contributed by atoms with Gasteiger partial charge >= 0.3 is 0 Å². The Morgan fingerprint density at radius 1 is 1.19 bits per heavy atom. The van der Waals surface area contributed by atoms with Gasteiger partial charge in [0.2, 0.25) is 0 Å². The fourth-order valence-electron chi connectivity index (χ4n) is 2.79. The number of aryl methyl sites for hydroxylation is 1. The third kappa shape index (κ3) is 3.93. The van der Waals surface area contributed by atoms with Crippen molar-refractivity contribution in [2.24, 2.45) is 0 Å². The first-order valence-corrected chi connectivity index (χ1v) is 8.05. The first kappa shape index (κ1) is 15.7. The van der Waals surface area contributed by atoms with Crippen LogP contribution in [0.3, 0.4) is 0 Å². The number of aromatic nitrogens is 2. The Labute approximate surface area is 127 Å². The molecule has 21 heavy (non-hydrogen) atoms. The lowest BCUT2D eigenvalue weighted by Crippen LogP contribution is -2.33. The van der Waals surface area contributed by atoms with Crippen LogP contribution >= 0.6 is 0 Å². The number of rotatable bonds is 6. The normalized spacial score (nSPS) is 14.5. The summed E-state index contributed by atoms with van der Waals surface area (Å²) in [6, 6.07) is 1.86. The van der Waals surface area contributed by atoms with Crippen molar-refractivity contribution in [2.75, 3.05) is 31.1 Å². The van der Waals surface area contributed by atoms with Gasteiger partial charge in [0.1, 0.15) is 17.3 Å². The Kier molecular flexibility index (Phi) is 5.53. The minimum atomic E-state index is 0.0321. The van der Waals surface area contributed by atoms with E-state index in [1.54, 1.807) is 0 Å². The predicted octanol–water partition coefficient (Wildman–Crippen LogP) is 2.65. The summed E-state index contributed by atoms with van der Waals surface area (Å²) in [5.41, 5.74) is 0.534. The SMILES string of the molecule is CCCN(CCC)C(=O)c1cc(N2CCCC2)nc(C)n1. The highest BCUT2D eigenvalue weighted by Gasteiger charge is 2.20. The van der Waals surface area contributed by atoms with E-state index < -0.39 is 0 Å². The maximum absolute atomic E-state index is 12.7. The number of hydrogen-bond donors (Lipinski definition) is 0. The molecule has 0 aliphatic carbocycles. The van der Waals surface area contributed by atoms with Gasteiger partial charge in [-0.1, -0.05) is 13.8 Å². The summed E-state index contributed by atoms with van der Waals surface area (Å²) in [6.07, 6.45) is 4.33. The van der Waals surface area contributed by atoms with E-state index >= 15 is 0 Å². The zero-order chi connectivity index (χ0) is 15.2. The highest BCUT2D eigenvalue weighted by atomic mass is 16.2. The van der Waals surface area contributed by atoms with Crippen LogP contribution in [0.1, 0.15) is 55.8 Å². The van der Waals surface area contributed by atoms with E-state index in [0.29, 0.717) is 11.5 Å². The molecule has 116 valence electrons. The van der Waals surface area contributed by atoms with E-state index in [1.807, 2.05) is 17.9 Å². The van der Waals surface area contributed by atoms with Gasteiger partial charge in [0, 0.05) is 32.2 Å². The second-order valence-corrected chi connectivity index (χ2v) is 5.64. The third-order valence-corrected chi connectivity index (χ3v) is 3.75. The third-order valence-electron chi connectivity index (χ3n) is 3.75. The number of anilines is 1. The van der Waals surface area contributed by atoms with Crippen LogP contribution in [0.2, 0.25) is 0 Å². The molecular formula is C16H26N4O. The molecule has 0 unspecified atom stereocenters. The molecule has 1 aromatic heterocycles. The van der Waals surface area contributed by atoms with Crippen molar-refractivity contribution < 1.29 is 4.79 Å². The van der Waals surface area contributed by atoms with Crippen LogP contribution in [-0.2, 0) is 0 Å². The molecule has 0 saturated carbocycles. The Morgan fingerprint density at radius 2 is 1.81 bits per heavy atom. The summed E-state index contributed by atoms with van der Waals surface area (Å²) in [5, 5.41) is 0. The second-order valence-electron chi connectivity index (χ2n) is 5.64. The highest BCUT2D eigenvalue weighted by Crippen LogP contribution is 2.19. The highest BCUT2D eigenvalue weighted by molar-refractivity contribution is 5.93. The van der Waals surface area contributed by atoms with Crippen molar-refractivity contribution in [3.05, 3.63) is 17.6 Å². The van der Waals surface area contributed by atoms with Crippen LogP contribution in [-0.4, -0.2) is 47.0 Å². The molecular weight excluding hydrogens is 264 g/mol. The van der Waals surface area contributed by atoms with Gasteiger partial charge in [0.05, 0.1) is 0 Å². The lowest BCUT2D eigenvalue weighted by molar-refractivity contribution is 0.0749. The molecule has 1 aliphatic rings. The Morgan fingerprint density at radius 3 is 2.38 bits per heavy atom. The topological polar surface area (TPSA) is 49.3 Å². The molecule has 0 radical (unpaired) electrons. The molecule has 0 atom stereocenters. The molecule has 1 amide bonds. The fourth-order valence-corrected chi connectivity index (χ4v) is 2.79. The van der Waals surface area contributed by atoms with Gasteiger partial charge in [0.25, 0.3) is 5.91 Å². The van der Waals surface area contributed by atoms with E-state index in [0.717, 1.165) is 44.8 Å². The molecule has 5 heteroatoms. The molecule has 2 heterocycles. The van der Waals surface area contributed by atoms with Gasteiger partial charge in [-0.05, 0) is 32.6 Å². The van der Waals surface area contributed by atoms with Crippen molar-refractivity contribution in [1.29, 1.82) is 0 Å². The van der Waals surface area contributed by atoms with Crippen LogP contribution in [0.15, 0.2) is 6.07 Å². The maximum Gasteiger partial charge on any atom is 0.272 e. The molecule has 0 N–H and O–H groups in total. The van der Waals surface area contributed by atoms with Crippen molar-refractivity contribution in [3.63, 3.8) is 0 Å². The summed E-state index contributed by atoms with van der Waals surface area (Å²) in [4.78, 5) is 25.7. The number of amides is 1. The van der Waals surface area contributed by atoms with E-state index in [2.05, 4.69) is 28.7 Å². The van der Waals surface area contributed by atoms with Crippen LogP contribution < -0.4 is 4.90 Å². The summed E-state index contributed by atoms with van der Waals surface area (Å²) in [7, 11) is 0. The number of carbonyl (C=O) groups is 1. The second kappa shape index (κ2) is 7.38. The Bertz CT molecular complexity index is 477. The summed E-state index contributed by atoms with van der Waals surface area (Å²) in [5.74, 6) is 1.61. The number of nitrogens with zero attached hydrogens (tertiary/aromatic N) is 4. The number of hydrogen-bond acceptors (Lipinski definition) is 4. The fraction of sp³-hybridized carbons (Fsp3) is 0.688. The van der Waals surface area contributed by atoms with Crippen molar-refractivity contribution in [1.82, 2.24) is 14.9 Å². The van der Waals surface area contributed by atoms with Crippen molar-refractivity contribution >= 4 is 11.7 Å². The summed E-state index contributed by atoms with van der Waals surface area (Å²) >= 11 is 0. The van der Waals surface area contributed by atoms with Crippen molar-refractivity contribution in [2.45, 2.75) is 46.5 Å². The Balaban J connectivity index is 2.22. The largest absolute Gasteiger partial charge is 0.356 e. The van der Waals surface area contributed by atoms with Crippen LogP contribution in [0.4, 0.5) is 5.82 Å². The number of carbonyl (C=O) groups excluding carboxylic acids is 1. The van der Waals surface area contributed by atoms with E-state index in [-0.39, 0.29) is 5.91 Å². The first-order valence-electron chi connectivity index (χ1n) is 8.05. The molecule has 0 bridgehead atoms. The molecule has 1 aromatic rings. The summed E-state index contributed by atoms with van der Waals surface area (Å²) in [6.45, 7) is 9.67. The van der Waals surface area contributed by atoms with Gasteiger partial charge < -0.3 is 9.80 Å². The monoisotopic (exact) mass is 290 g/mol. The molecule has 1 saturated heterocycles. The predicted molar refractivity (Wildman–Crippen MR) is 84.7 cm³/mol. The zero-order valence-electron chi connectivity index (χ0n) is 13.4. The first-order chi connectivity index (χ1) is 10.2. The summed E-state index contributed by atoms with van der Waals surface area (Å²) < 4.78 is 0. The molecule has 2 rings (SSSR count). The Hall–Kier alpha value is -1.65. The van der Waals surface area contributed by atoms with E-state index in [4.69, 9.17) is 0 Å².